The Bertz CT molecular complexity index is 513. The number of carbonyl (C=O) groups is 2. The second-order valence-corrected chi connectivity index (χ2v) is 4.58. The van der Waals surface area contributed by atoms with Crippen LogP contribution in [0.15, 0.2) is 18.2 Å². The van der Waals surface area contributed by atoms with Crippen LogP contribution in [0.2, 0.25) is 0 Å². The first-order chi connectivity index (χ1) is 8.71. The number of amides is 1. The third-order valence-corrected chi connectivity index (χ3v) is 3.07. The van der Waals surface area contributed by atoms with Crippen LogP contribution in [-0.4, -0.2) is 41.6 Å². The van der Waals surface area contributed by atoms with Crippen LogP contribution in [0.4, 0.5) is 4.39 Å². The molecular formula is C13H16FNO4. The molecule has 0 unspecified atom stereocenters. The standard InChI is InChI=1S/C13H16FNO4/c1-13(2,12(17)18)15(3)11(16)8-5-6-10(19-4)9(14)7-8/h5-7H,1-4H3,(H,17,18). The Morgan fingerprint density at radius 2 is 1.95 bits per heavy atom. The van der Waals surface area contributed by atoms with Crippen LogP contribution >= 0.6 is 0 Å². The fourth-order valence-electron chi connectivity index (χ4n) is 1.39. The molecule has 1 N–H and O–H groups in total. The number of likely N-dealkylation sites (N-methyl/N-ethyl adjacent to an activating group) is 1. The molecule has 0 saturated heterocycles. The molecule has 104 valence electrons. The van der Waals surface area contributed by atoms with Crippen LogP contribution in [0.25, 0.3) is 0 Å². The van der Waals surface area contributed by atoms with Crippen molar-refractivity contribution in [1.29, 1.82) is 0 Å². The molecule has 0 spiro atoms. The van der Waals surface area contributed by atoms with Crippen molar-refractivity contribution < 1.29 is 23.8 Å². The number of carbonyl (C=O) groups excluding carboxylic acids is 1. The van der Waals surface area contributed by atoms with E-state index < -0.39 is 23.2 Å². The van der Waals surface area contributed by atoms with Gasteiger partial charge in [-0.1, -0.05) is 0 Å². The van der Waals surface area contributed by atoms with Gasteiger partial charge < -0.3 is 14.7 Å². The van der Waals surface area contributed by atoms with Gasteiger partial charge in [-0.2, -0.15) is 0 Å². The van der Waals surface area contributed by atoms with Gasteiger partial charge in [-0.3, -0.25) is 4.79 Å². The number of carboxylic acid groups (broad SMARTS) is 1. The van der Waals surface area contributed by atoms with Gasteiger partial charge in [0.15, 0.2) is 11.6 Å². The van der Waals surface area contributed by atoms with Gasteiger partial charge in [-0.15, -0.1) is 0 Å². The molecule has 1 aromatic carbocycles. The Labute approximate surface area is 110 Å². The van der Waals surface area contributed by atoms with Crippen LogP contribution in [0, 0.1) is 5.82 Å². The maximum atomic E-state index is 13.5. The van der Waals surface area contributed by atoms with E-state index in [1.807, 2.05) is 0 Å². The summed E-state index contributed by atoms with van der Waals surface area (Å²) in [6.45, 7) is 2.79. The zero-order valence-electron chi connectivity index (χ0n) is 11.2. The number of aliphatic carboxylic acids is 1. The maximum absolute atomic E-state index is 13.5. The average molecular weight is 269 g/mol. The molecule has 0 saturated carbocycles. The van der Waals surface area contributed by atoms with Crippen molar-refractivity contribution in [2.24, 2.45) is 0 Å². The van der Waals surface area contributed by atoms with E-state index in [1.54, 1.807) is 0 Å². The average Bonchev–Trinajstić information content (AvgIpc) is 2.36. The number of nitrogens with zero attached hydrogens (tertiary/aromatic N) is 1. The van der Waals surface area contributed by atoms with Crippen molar-refractivity contribution in [3.05, 3.63) is 29.6 Å². The summed E-state index contributed by atoms with van der Waals surface area (Å²) in [7, 11) is 2.68. The number of hydrogen-bond donors (Lipinski definition) is 1. The molecule has 0 aliphatic rings. The number of rotatable bonds is 4. The largest absolute Gasteiger partial charge is 0.494 e. The second kappa shape index (κ2) is 5.26. The van der Waals surface area contributed by atoms with E-state index in [1.165, 1.54) is 40.1 Å². The molecule has 0 fully saturated rings. The number of methoxy groups -OCH3 is 1. The Balaban J connectivity index is 3.07. The normalized spacial score (nSPS) is 11.0. The lowest BCUT2D eigenvalue weighted by Gasteiger charge is -2.31. The third kappa shape index (κ3) is 2.83. The first-order valence-electron chi connectivity index (χ1n) is 5.57. The SMILES string of the molecule is COc1ccc(C(=O)N(C)C(C)(C)C(=O)O)cc1F. The molecule has 1 aromatic rings. The van der Waals surface area contributed by atoms with Crippen LogP contribution in [0.3, 0.4) is 0 Å². The highest BCUT2D eigenvalue weighted by Gasteiger charge is 2.35. The minimum Gasteiger partial charge on any atom is -0.494 e. The topological polar surface area (TPSA) is 66.8 Å². The Morgan fingerprint density at radius 1 is 1.37 bits per heavy atom. The maximum Gasteiger partial charge on any atom is 0.329 e. The molecule has 0 bridgehead atoms. The molecule has 0 aliphatic carbocycles. The van der Waals surface area contributed by atoms with Gasteiger partial charge >= 0.3 is 5.97 Å². The fraction of sp³-hybridized carbons (Fsp3) is 0.385. The Morgan fingerprint density at radius 3 is 2.37 bits per heavy atom. The van der Waals surface area contributed by atoms with E-state index >= 15 is 0 Å². The molecule has 5 nitrogen and oxygen atoms in total. The summed E-state index contributed by atoms with van der Waals surface area (Å²) in [4.78, 5) is 24.2. The van der Waals surface area contributed by atoms with Gasteiger partial charge in [0.1, 0.15) is 5.54 Å². The van der Waals surface area contributed by atoms with E-state index in [-0.39, 0.29) is 11.3 Å². The van der Waals surface area contributed by atoms with Crippen molar-refractivity contribution >= 4 is 11.9 Å². The van der Waals surface area contributed by atoms with Crippen LogP contribution in [0.1, 0.15) is 24.2 Å². The van der Waals surface area contributed by atoms with Crippen molar-refractivity contribution in [2.75, 3.05) is 14.2 Å². The lowest BCUT2D eigenvalue weighted by Crippen LogP contribution is -2.50. The fourth-order valence-corrected chi connectivity index (χ4v) is 1.39. The summed E-state index contributed by atoms with van der Waals surface area (Å²) in [5.74, 6) is -2.36. The Hall–Kier alpha value is -2.11. The zero-order chi connectivity index (χ0) is 14.8. The number of hydrogen-bond acceptors (Lipinski definition) is 3. The summed E-state index contributed by atoms with van der Waals surface area (Å²) in [5, 5.41) is 9.06. The van der Waals surface area contributed by atoms with E-state index in [4.69, 9.17) is 9.84 Å². The Kier molecular flexibility index (Phi) is 4.14. The molecular weight excluding hydrogens is 253 g/mol. The van der Waals surface area contributed by atoms with E-state index in [0.717, 1.165) is 11.0 Å². The van der Waals surface area contributed by atoms with Gasteiger partial charge in [0, 0.05) is 12.6 Å². The van der Waals surface area contributed by atoms with Crippen molar-refractivity contribution in [2.45, 2.75) is 19.4 Å². The molecule has 0 heterocycles. The minimum atomic E-state index is -1.38. The van der Waals surface area contributed by atoms with Gasteiger partial charge in [0.05, 0.1) is 7.11 Å². The quantitative estimate of drug-likeness (QED) is 0.904. The molecule has 1 rings (SSSR count). The van der Waals surface area contributed by atoms with Gasteiger partial charge in [0.25, 0.3) is 5.91 Å². The van der Waals surface area contributed by atoms with Crippen molar-refractivity contribution in [1.82, 2.24) is 4.90 Å². The van der Waals surface area contributed by atoms with Gasteiger partial charge in [-0.25, -0.2) is 9.18 Å². The minimum absolute atomic E-state index is 0.0247. The van der Waals surface area contributed by atoms with E-state index in [0.29, 0.717) is 0 Å². The first kappa shape index (κ1) is 14.9. The number of ether oxygens (including phenoxy) is 1. The van der Waals surface area contributed by atoms with E-state index in [2.05, 4.69) is 0 Å². The van der Waals surface area contributed by atoms with E-state index in [9.17, 15) is 14.0 Å². The summed E-state index contributed by atoms with van der Waals surface area (Å²) < 4.78 is 18.3. The van der Waals surface area contributed by atoms with Crippen LogP contribution < -0.4 is 4.74 Å². The van der Waals surface area contributed by atoms with Gasteiger partial charge in [-0.05, 0) is 32.0 Å². The number of benzene rings is 1. The van der Waals surface area contributed by atoms with Crippen molar-refractivity contribution in [3.8, 4) is 5.75 Å². The third-order valence-electron chi connectivity index (χ3n) is 3.07. The predicted molar refractivity (Wildman–Crippen MR) is 66.8 cm³/mol. The highest BCUT2D eigenvalue weighted by molar-refractivity contribution is 5.97. The van der Waals surface area contributed by atoms with Crippen molar-refractivity contribution in [3.63, 3.8) is 0 Å². The monoisotopic (exact) mass is 269 g/mol. The summed E-state index contributed by atoms with van der Waals surface area (Å²) in [6.07, 6.45) is 0. The molecule has 0 aromatic heterocycles. The van der Waals surface area contributed by atoms with Crippen LogP contribution in [0.5, 0.6) is 5.75 Å². The molecule has 0 aliphatic heterocycles. The number of halogens is 1. The molecule has 0 atom stereocenters. The smallest absolute Gasteiger partial charge is 0.329 e. The summed E-state index contributed by atoms with van der Waals surface area (Å²) in [6, 6.07) is 3.73. The molecule has 6 heteroatoms. The summed E-state index contributed by atoms with van der Waals surface area (Å²) in [5.41, 5.74) is -1.32. The molecule has 0 radical (unpaired) electrons. The molecule has 1 amide bonds. The highest BCUT2D eigenvalue weighted by atomic mass is 19.1. The second-order valence-electron chi connectivity index (χ2n) is 4.58. The first-order valence-corrected chi connectivity index (χ1v) is 5.57. The lowest BCUT2D eigenvalue weighted by atomic mass is 10.0. The summed E-state index contributed by atoms with van der Waals surface area (Å²) >= 11 is 0. The molecule has 19 heavy (non-hydrogen) atoms. The van der Waals surface area contributed by atoms with Crippen LogP contribution in [-0.2, 0) is 4.79 Å². The predicted octanol–water partition coefficient (Wildman–Crippen LogP) is 1.77. The highest BCUT2D eigenvalue weighted by Crippen LogP contribution is 2.21. The number of carboxylic acids is 1. The zero-order valence-corrected chi connectivity index (χ0v) is 11.2. The van der Waals surface area contributed by atoms with Gasteiger partial charge in [0.2, 0.25) is 0 Å². The lowest BCUT2D eigenvalue weighted by molar-refractivity contribution is -0.147.